The van der Waals surface area contributed by atoms with Crippen LogP contribution in [0.2, 0.25) is 0 Å². The van der Waals surface area contributed by atoms with Crippen molar-refractivity contribution in [2.75, 3.05) is 26.2 Å². The van der Waals surface area contributed by atoms with E-state index >= 15 is 0 Å². The maximum Gasteiger partial charge on any atom is 0.138 e. The molecule has 30 heavy (non-hydrogen) atoms. The minimum Gasteiger partial charge on any atom is -0.300 e. The monoisotopic (exact) mass is 414 g/mol. The summed E-state index contributed by atoms with van der Waals surface area (Å²) in [7, 11) is 0. The number of carbonyl (C=O) groups excluding carboxylic acids is 1. The van der Waals surface area contributed by atoms with Gasteiger partial charge in [-0.1, -0.05) is 20.8 Å². The summed E-state index contributed by atoms with van der Waals surface area (Å²) in [5, 5.41) is 4.61. The van der Waals surface area contributed by atoms with Crippen LogP contribution in [0, 0.1) is 11.8 Å². The van der Waals surface area contributed by atoms with Crippen molar-refractivity contribution in [3.05, 3.63) is 18.0 Å². The molecule has 0 N–H and O–H groups in total. The van der Waals surface area contributed by atoms with Crippen molar-refractivity contribution < 1.29 is 4.79 Å². The zero-order valence-corrected chi connectivity index (χ0v) is 19.4. The van der Waals surface area contributed by atoms with Gasteiger partial charge in [0.1, 0.15) is 5.78 Å². The number of aromatic nitrogens is 2. The molecule has 1 aromatic rings. The number of hydrogen-bond donors (Lipinski definition) is 0. The minimum absolute atomic E-state index is 0.202. The molecule has 2 saturated heterocycles. The van der Waals surface area contributed by atoms with Crippen molar-refractivity contribution in [2.45, 2.75) is 96.7 Å². The summed E-state index contributed by atoms with van der Waals surface area (Å²) in [6, 6.07) is 2.08. The maximum atomic E-state index is 12.3. The summed E-state index contributed by atoms with van der Waals surface area (Å²) >= 11 is 0. The Labute approximate surface area is 183 Å². The standard InChI is InChI=1S/C25H42N4O/c1-4-20-17-26-29(18-20)24-11-15-28(16-12-24)23-9-13-27(14-10-23)22-7-5-21(6-8-22)25(30)19(2)3/h17-19,21-24H,4-16H2,1-3H3/t21-,22+. The normalized spacial score (nSPS) is 28.3. The maximum absolute atomic E-state index is 12.3. The SMILES string of the molecule is CCc1cnn(C2CCN(C3CCN([C@H]4CC[C@@H](C(=O)C(C)C)CC4)CC3)CC2)c1. The van der Waals surface area contributed by atoms with Crippen molar-refractivity contribution in [2.24, 2.45) is 11.8 Å². The van der Waals surface area contributed by atoms with Gasteiger partial charge in [0.25, 0.3) is 0 Å². The molecule has 3 heterocycles. The number of Topliss-reactive ketones (excluding diaryl/α,β-unsaturated/α-hetero) is 1. The first kappa shape index (κ1) is 22.0. The third-order valence-corrected chi connectivity index (χ3v) is 8.14. The highest BCUT2D eigenvalue weighted by Gasteiger charge is 2.34. The van der Waals surface area contributed by atoms with E-state index in [1.165, 1.54) is 70.3 Å². The van der Waals surface area contributed by atoms with Gasteiger partial charge in [-0.15, -0.1) is 0 Å². The van der Waals surface area contributed by atoms with Crippen LogP contribution in [0.1, 0.15) is 83.7 Å². The average molecular weight is 415 g/mol. The van der Waals surface area contributed by atoms with Crippen LogP contribution in [0.15, 0.2) is 12.4 Å². The van der Waals surface area contributed by atoms with Gasteiger partial charge in [0.2, 0.25) is 0 Å². The Morgan fingerprint density at radius 2 is 1.43 bits per heavy atom. The second-order valence-electron chi connectivity index (χ2n) is 10.3. The molecule has 0 unspecified atom stereocenters. The van der Waals surface area contributed by atoms with Crippen LogP contribution in [0.3, 0.4) is 0 Å². The fraction of sp³-hybridized carbons (Fsp3) is 0.840. The van der Waals surface area contributed by atoms with Crippen molar-refractivity contribution in [3.63, 3.8) is 0 Å². The molecule has 5 nitrogen and oxygen atoms in total. The summed E-state index contributed by atoms with van der Waals surface area (Å²) in [6.07, 6.45) is 15.1. The Morgan fingerprint density at radius 1 is 0.900 bits per heavy atom. The molecule has 3 aliphatic rings. The fourth-order valence-corrected chi connectivity index (χ4v) is 6.09. The molecule has 3 fully saturated rings. The molecule has 1 aromatic heterocycles. The van der Waals surface area contributed by atoms with E-state index in [1.54, 1.807) is 0 Å². The highest BCUT2D eigenvalue weighted by molar-refractivity contribution is 5.82. The topological polar surface area (TPSA) is 41.4 Å². The first-order valence-corrected chi connectivity index (χ1v) is 12.6. The Hall–Kier alpha value is -1.20. The summed E-state index contributed by atoms with van der Waals surface area (Å²) < 4.78 is 2.22. The first-order valence-electron chi connectivity index (χ1n) is 12.6. The van der Waals surface area contributed by atoms with E-state index < -0.39 is 0 Å². The molecule has 0 bridgehead atoms. The smallest absolute Gasteiger partial charge is 0.138 e. The Balaban J connectivity index is 1.19. The number of carbonyl (C=O) groups is 1. The van der Waals surface area contributed by atoms with Gasteiger partial charge in [-0.2, -0.15) is 5.10 Å². The summed E-state index contributed by atoms with van der Waals surface area (Å²) in [5.41, 5.74) is 1.35. The Bertz CT molecular complexity index is 675. The summed E-state index contributed by atoms with van der Waals surface area (Å²) in [6.45, 7) is 11.2. The van der Waals surface area contributed by atoms with E-state index in [0.29, 0.717) is 17.7 Å². The minimum atomic E-state index is 0.202. The molecule has 1 saturated carbocycles. The lowest BCUT2D eigenvalue weighted by molar-refractivity contribution is -0.127. The van der Waals surface area contributed by atoms with Gasteiger partial charge in [0.05, 0.1) is 12.2 Å². The molecule has 1 aliphatic carbocycles. The number of ketones is 1. The molecule has 5 heteroatoms. The third kappa shape index (κ3) is 4.99. The van der Waals surface area contributed by atoms with E-state index in [9.17, 15) is 4.79 Å². The largest absolute Gasteiger partial charge is 0.300 e. The molecule has 0 radical (unpaired) electrons. The molecule has 0 spiro atoms. The first-order chi connectivity index (χ1) is 14.5. The number of nitrogens with zero attached hydrogens (tertiary/aromatic N) is 4. The van der Waals surface area contributed by atoms with Gasteiger partial charge in [-0.25, -0.2) is 0 Å². The lowest BCUT2D eigenvalue weighted by Crippen LogP contribution is -2.50. The predicted octanol–water partition coefficient (Wildman–Crippen LogP) is 4.33. The lowest BCUT2D eigenvalue weighted by atomic mass is 9.79. The summed E-state index contributed by atoms with van der Waals surface area (Å²) in [5.74, 6) is 1.04. The van der Waals surface area contributed by atoms with E-state index in [0.717, 1.165) is 31.3 Å². The van der Waals surface area contributed by atoms with Crippen molar-refractivity contribution in [3.8, 4) is 0 Å². The quantitative estimate of drug-likeness (QED) is 0.695. The second kappa shape index (κ2) is 9.95. The van der Waals surface area contributed by atoms with Crippen LogP contribution in [0.4, 0.5) is 0 Å². The highest BCUT2D eigenvalue weighted by atomic mass is 16.1. The number of piperidine rings is 2. The van der Waals surface area contributed by atoms with Crippen LogP contribution in [-0.4, -0.2) is 63.6 Å². The zero-order valence-electron chi connectivity index (χ0n) is 19.4. The van der Waals surface area contributed by atoms with Gasteiger partial charge in [-0.05, 0) is 76.4 Å². The van der Waals surface area contributed by atoms with Gasteiger partial charge in [0.15, 0.2) is 0 Å². The van der Waals surface area contributed by atoms with Crippen molar-refractivity contribution in [1.29, 1.82) is 0 Å². The Morgan fingerprint density at radius 3 is 1.93 bits per heavy atom. The van der Waals surface area contributed by atoms with Gasteiger partial charge >= 0.3 is 0 Å². The van der Waals surface area contributed by atoms with Crippen molar-refractivity contribution >= 4 is 5.78 Å². The lowest BCUT2D eigenvalue weighted by Gasteiger charge is -2.45. The molecule has 0 amide bonds. The Kier molecular flexibility index (Phi) is 7.30. The van der Waals surface area contributed by atoms with Crippen molar-refractivity contribution in [1.82, 2.24) is 19.6 Å². The molecular formula is C25H42N4O. The average Bonchev–Trinajstić information content (AvgIpc) is 3.28. The van der Waals surface area contributed by atoms with Gasteiger partial charge in [0, 0.05) is 43.2 Å². The van der Waals surface area contributed by atoms with Gasteiger partial charge in [-0.3, -0.25) is 9.48 Å². The third-order valence-electron chi connectivity index (χ3n) is 8.14. The molecule has 2 aliphatic heterocycles. The van der Waals surface area contributed by atoms with E-state index in [4.69, 9.17) is 0 Å². The van der Waals surface area contributed by atoms with E-state index in [1.807, 2.05) is 6.20 Å². The van der Waals surface area contributed by atoms with E-state index in [-0.39, 0.29) is 5.92 Å². The molecule has 168 valence electrons. The zero-order chi connectivity index (χ0) is 21.1. The van der Waals surface area contributed by atoms with Crippen LogP contribution in [0.5, 0.6) is 0 Å². The molecule has 4 rings (SSSR count). The number of likely N-dealkylation sites (tertiary alicyclic amines) is 2. The molecular weight excluding hydrogens is 372 g/mol. The number of aryl methyl sites for hydroxylation is 1. The van der Waals surface area contributed by atoms with Crippen LogP contribution in [0.25, 0.3) is 0 Å². The number of rotatable bonds is 6. The van der Waals surface area contributed by atoms with Crippen LogP contribution >= 0.6 is 0 Å². The summed E-state index contributed by atoms with van der Waals surface area (Å²) in [4.78, 5) is 17.8. The van der Waals surface area contributed by atoms with Gasteiger partial charge < -0.3 is 9.80 Å². The molecule has 0 atom stereocenters. The fourth-order valence-electron chi connectivity index (χ4n) is 6.09. The van der Waals surface area contributed by atoms with Crippen LogP contribution in [-0.2, 0) is 11.2 Å². The second-order valence-corrected chi connectivity index (χ2v) is 10.3. The predicted molar refractivity (Wildman–Crippen MR) is 122 cm³/mol. The molecule has 0 aromatic carbocycles. The van der Waals surface area contributed by atoms with E-state index in [2.05, 4.69) is 46.5 Å². The number of hydrogen-bond acceptors (Lipinski definition) is 4. The van der Waals surface area contributed by atoms with Crippen LogP contribution < -0.4 is 0 Å². The highest BCUT2D eigenvalue weighted by Crippen LogP contribution is 2.32.